The van der Waals surface area contributed by atoms with Crippen LogP contribution in [0.25, 0.3) is 0 Å². The lowest BCUT2D eigenvalue weighted by atomic mass is 10.4. The first-order valence-electron chi connectivity index (χ1n) is 7.00. The van der Waals surface area contributed by atoms with Crippen molar-refractivity contribution in [2.45, 2.75) is 24.7 Å². The summed E-state index contributed by atoms with van der Waals surface area (Å²) in [5.41, 5.74) is 0. The SMILES string of the molecule is CNCCNC(=O)c1cc(S(=O)(=O)N2CCCC2)c(C)o1.Cl. The van der Waals surface area contributed by atoms with E-state index >= 15 is 0 Å². The van der Waals surface area contributed by atoms with Crippen LogP contribution in [-0.2, 0) is 10.0 Å². The quantitative estimate of drug-likeness (QED) is 0.738. The molecule has 22 heavy (non-hydrogen) atoms. The van der Waals surface area contributed by atoms with E-state index in [9.17, 15) is 13.2 Å². The topological polar surface area (TPSA) is 91.6 Å². The Morgan fingerprint density at radius 2 is 1.95 bits per heavy atom. The third-order valence-corrected chi connectivity index (χ3v) is 5.45. The van der Waals surface area contributed by atoms with Gasteiger partial charge in [-0.3, -0.25) is 4.79 Å². The zero-order chi connectivity index (χ0) is 15.5. The predicted octanol–water partition coefficient (Wildman–Crippen LogP) is 0.744. The van der Waals surface area contributed by atoms with Crippen LogP contribution in [0.2, 0.25) is 0 Å². The Morgan fingerprint density at radius 1 is 1.32 bits per heavy atom. The molecular formula is C13H22ClN3O4S. The third-order valence-electron chi connectivity index (χ3n) is 3.44. The fraction of sp³-hybridized carbons (Fsp3) is 0.615. The van der Waals surface area contributed by atoms with Crippen molar-refractivity contribution < 1.29 is 17.6 Å². The zero-order valence-corrected chi connectivity index (χ0v) is 14.3. The molecule has 1 saturated heterocycles. The number of aryl methyl sites for hydroxylation is 1. The number of amides is 1. The third kappa shape index (κ3) is 4.01. The molecule has 126 valence electrons. The maximum Gasteiger partial charge on any atom is 0.287 e. The number of hydrogen-bond acceptors (Lipinski definition) is 5. The summed E-state index contributed by atoms with van der Waals surface area (Å²) in [6.45, 7) is 3.69. The largest absolute Gasteiger partial charge is 0.455 e. The summed E-state index contributed by atoms with van der Waals surface area (Å²) in [6.07, 6.45) is 1.74. The summed E-state index contributed by atoms with van der Waals surface area (Å²) in [5, 5.41) is 5.56. The smallest absolute Gasteiger partial charge is 0.287 e. The molecule has 0 saturated carbocycles. The Kier molecular flexibility index (Phi) is 6.86. The lowest BCUT2D eigenvalue weighted by Gasteiger charge is -2.14. The van der Waals surface area contributed by atoms with Gasteiger partial charge in [-0.05, 0) is 26.8 Å². The van der Waals surface area contributed by atoms with Crippen molar-refractivity contribution in [3.8, 4) is 0 Å². The van der Waals surface area contributed by atoms with Crippen LogP contribution >= 0.6 is 12.4 Å². The minimum atomic E-state index is -3.56. The van der Waals surface area contributed by atoms with Crippen LogP contribution in [0.1, 0.15) is 29.2 Å². The van der Waals surface area contributed by atoms with Gasteiger partial charge in [0.25, 0.3) is 5.91 Å². The monoisotopic (exact) mass is 351 g/mol. The number of nitrogens with one attached hydrogen (secondary N) is 2. The van der Waals surface area contributed by atoms with Crippen LogP contribution in [0.3, 0.4) is 0 Å². The molecule has 0 spiro atoms. The standard InChI is InChI=1S/C13H21N3O4S.ClH/c1-10-12(21(18,19)16-7-3-4-8-16)9-11(20-10)13(17)15-6-5-14-2;/h9,14H,3-8H2,1-2H3,(H,15,17);1H. The summed E-state index contributed by atoms with van der Waals surface area (Å²) < 4.78 is 31.7. The van der Waals surface area contributed by atoms with Crippen molar-refractivity contribution in [2.75, 3.05) is 33.2 Å². The lowest BCUT2D eigenvalue weighted by Crippen LogP contribution is -2.30. The Balaban J connectivity index is 0.00000242. The lowest BCUT2D eigenvalue weighted by molar-refractivity contribution is 0.0925. The molecule has 0 aromatic carbocycles. The van der Waals surface area contributed by atoms with Gasteiger partial charge in [0, 0.05) is 32.2 Å². The number of hydrogen-bond donors (Lipinski definition) is 2. The number of carbonyl (C=O) groups is 1. The predicted molar refractivity (Wildman–Crippen MR) is 84.9 cm³/mol. The highest BCUT2D eigenvalue weighted by atomic mass is 35.5. The molecule has 1 aromatic rings. The molecule has 1 aromatic heterocycles. The van der Waals surface area contributed by atoms with Gasteiger partial charge in [0.15, 0.2) is 5.76 Å². The molecule has 9 heteroatoms. The van der Waals surface area contributed by atoms with Crippen molar-refractivity contribution in [2.24, 2.45) is 0 Å². The van der Waals surface area contributed by atoms with Crippen LogP contribution < -0.4 is 10.6 Å². The Hall–Kier alpha value is -1.09. The fourth-order valence-corrected chi connectivity index (χ4v) is 3.97. The van der Waals surface area contributed by atoms with E-state index in [-0.39, 0.29) is 28.8 Å². The molecule has 0 radical (unpaired) electrons. The second kappa shape index (κ2) is 7.96. The molecule has 0 atom stereocenters. The summed E-state index contributed by atoms with van der Waals surface area (Å²) in [7, 11) is -1.78. The van der Waals surface area contributed by atoms with Gasteiger partial charge in [0.1, 0.15) is 10.7 Å². The van der Waals surface area contributed by atoms with Gasteiger partial charge in [-0.25, -0.2) is 8.42 Å². The zero-order valence-electron chi connectivity index (χ0n) is 12.7. The summed E-state index contributed by atoms with van der Waals surface area (Å²) in [4.78, 5) is 12.0. The molecule has 1 amide bonds. The molecule has 1 aliphatic rings. The van der Waals surface area contributed by atoms with E-state index in [0.29, 0.717) is 26.2 Å². The molecule has 1 fully saturated rings. The fourth-order valence-electron chi connectivity index (χ4n) is 2.29. The Bertz CT molecular complexity index is 609. The maximum absolute atomic E-state index is 12.5. The van der Waals surface area contributed by atoms with Crippen molar-refractivity contribution in [1.82, 2.24) is 14.9 Å². The van der Waals surface area contributed by atoms with E-state index in [1.165, 1.54) is 10.4 Å². The number of sulfonamides is 1. The molecule has 2 rings (SSSR count). The van der Waals surface area contributed by atoms with Crippen molar-refractivity contribution in [3.63, 3.8) is 0 Å². The molecular weight excluding hydrogens is 330 g/mol. The van der Waals surface area contributed by atoms with Gasteiger partial charge < -0.3 is 15.1 Å². The van der Waals surface area contributed by atoms with Crippen LogP contribution in [0.5, 0.6) is 0 Å². The maximum atomic E-state index is 12.5. The first-order valence-corrected chi connectivity index (χ1v) is 8.44. The molecule has 1 aliphatic heterocycles. The van der Waals surface area contributed by atoms with Crippen LogP contribution in [0.4, 0.5) is 0 Å². The van der Waals surface area contributed by atoms with E-state index in [2.05, 4.69) is 10.6 Å². The first kappa shape index (κ1) is 19.0. The van der Waals surface area contributed by atoms with E-state index in [1.54, 1.807) is 14.0 Å². The molecule has 0 bridgehead atoms. The number of nitrogens with zero attached hydrogens (tertiary/aromatic N) is 1. The molecule has 2 N–H and O–H groups in total. The normalized spacial score (nSPS) is 15.5. The van der Waals surface area contributed by atoms with E-state index < -0.39 is 15.9 Å². The summed E-state index contributed by atoms with van der Waals surface area (Å²) in [5.74, 6) is -0.127. The number of likely N-dealkylation sites (N-methyl/N-ethyl adjacent to an activating group) is 1. The second-order valence-corrected chi connectivity index (χ2v) is 6.91. The van der Waals surface area contributed by atoms with E-state index in [1.807, 2.05) is 0 Å². The van der Waals surface area contributed by atoms with Crippen LogP contribution in [0.15, 0.2) is 15.4 Å². The van der Waals surface area contributed by atoms with Crippen LogP contribution in [0, 0.1) is 6.92 Å². The van der Waals surface area contributed by atoms with Gasteiger partial charge in [0.2, 0.25) is 10.0 Å². The highest BCUT2D eigenvalue weighted by molar-refractivity contribution is 7.89. The minimum Gasteiger partial charge on any atom is -0.455 e. The molecule has 7 nitrogen and oxygen atoms in total. The molecule has 0 unspecified atom stereocenters. The molecule has 2 heterocycles. The summed E-state index contributed by atoms with van der Waals surface area (Å²) >= 11 is 0. The molecule has 0 aliphatic carbocycles. The van der Waals surface area contributed by atoms with Crippen molar-refractivity contribution >= 4 is 28.3 Å². The average molecular weight is 352 g/mol. The minimum absolute atomic E-state index is 0. The van der Waals surface area contributed by atoms with Gasteiger partial charge >= 0.3 is 0 Å². The van der Waals surface area contributed by atoms with Crippen molar-refractivity contribution in [1.29, 1.82) is 0 Å². The van der Waals surface area contributed by atoms with Gasteiger partial charge in [-0.2, -0.15) is 4.31 Å². The number of carbonyl (C=O) groups excluding carboxylic acids is 1. The average Bonchev–Trinajstić information content (AvgIpc) is 3.08. The number of rotatable bonds is 6. The highest BCUT2D eigenvalue weighted by Crippen LogP contribution is 2.26. The van der Waals surface area contributed by atoms with E-state index in [4.69, 9.17) is 4.42 Å². The van der Waals surface area contributed by atoms with Gasteiger partial charge in [-0.15, -0.1) is 12.4 Å². The first-order chi connectivity index (χ1) is 9.96. The Labute approximate surface area is 136 Å². The Morgan fingerprint density at radius 3 is 2.55 bits per heavy atom. The highest BCUT2D eigenvalue weighted by Gasteiger charge is 2.31. The number of halogens is 1. The van der Waals surface area contributed by atoms with E-state index in [0.717, 1.165) is 12.8 Å². The second-order valence-electron chi connectivity index (χ2n) is 5.00. The van der Waals surface area contributed by atoms with Crippen LogP contribution in [-0.4, -0.2) is 51.9 Å². The van der Waals surface area contributed by atoms with Gasteiger partial charge in [-0.1, -0.05) is 0 Å². The number of furan rings is 1. The summed E-state index contributed by atoms with van der Waals surface area (Å²) in [6, 6.07) is 1.32. The van der Waals surface area contributed by atoms with Crippen molar-refractivity contribution in [3.05, 3.63) is 17.6 Å². The van der Waals surface area contributed by atoms with Gasteiger partial charge in [0.05, 0.1) is 0 Å².